The standard InChI is InChI=1S/C15H13BrClFO2/c1-20-14-4-2-3-12(18)15(14)13(19)7-9-5-6-10(16)8-11(9)17/h2-6,8,13,19H,7H2,1H3. The minimum absolute atomic E-state index is 0.147. The highest BCUT2D eigenvalue weighted by Crippen LogP contribution is 2.32. The van der Waals surface area contributed by atoms with Gasteiger partial charge >= 0.3 is 0 Å². The molecule has 106 valence electrons. The molecular weight excluding hydrogens is 347 g/mol. The molecule has 20 heavy (non-hydrogen) atoms. The monoisotopic (exact) mass is 358 g/mol. The highest BCUT2D eigenvalue weighted by atomic mass is 79.9. The molecule has 5 heteroatoms. The normalized spacial score (nSPS) is 12.2. The second-order valence-corrected chi connectivity index (χ2v) is 5.63. The quantitative estimate of drug-likeness (QED) is 0.869. The van der Waals surface area contributed by atoms with E-state index in [2.05, 4.69) is 15.9 Å². The summed E-state index contributed by atoms with van der Waals surface area (Å²) in [6.45, 7) is 0. The lowest BCUT2D eigenvalue weighted by Crippen LogP contribution is -2.07. The summed E-state index contributed by atoms with van der Waals surface area (Å²) in [5.74, 6) is -0.171. The summed E-state index contributed by atoms with van der Waals surface area (Å²) in [5, 5.41) is 10.8. The van der Waals surface area contributed by atoms with Crippen molar-refractivity contribution in [1.29, 1.82) is 0 Å². The third-order valence-electron chi connectivity index (χ3n) is 2.99. The van der Waals surface area contributed by atoms with Gasteiger partial charge in [-0.2, -0.15) is 0 Å². The Hall–Kier alpha value is -1.10. The van der Waals surface area contributed by atoms with Crippen molar-refractivity contribution in [2.45, 2.75) is 12.5 Å². The van der Waals surface area contributed by atoms with Crippen molar-refractivity contribution < 1.29 is 14.2 Å². The second-order valence-electron chi connectivity index (χ2n) is 4.31. The predicted octanol–water partition coefficient (Wildman–Crippen LogP) is 4.53. The van der Waals surface area contributed by atoms with Gasteiger partial charge in [-0.15, -0.1) is 0 Å². The molecule has 0 spiro atoms. The fourth-order valence-corrected chi connectivity index (χ4v) is 2.77. The Bertz CT molecular complexity index is 619. The summed E-state index contributed by atoms with van der Waals surface area (Å²) in [5.41, 5.74) is 0.890. The number of aliphatic hydroxyl groups is 1. The van der Waals surface area contributed by atoms with E-state index in [0.29, 0.717) is 10.8 Å². The van der Waals surface area contributed by atoms with Crippen molar-refractivity contribution in [3.8, 4) is 5.75 Å². The van der Waals surface area contributed by atoms with Gasteiger partial charge in [-0.05, 0) is 29.8 Å². The summed E-state index contributed by atoms with van der Waals surface area (Å²) in [4.78, 5) is 0. The van der Waals surface area contributed by atoms with Crippen LogP contribution in [0, 0.1) is 5.82 Å². The van der Waals surface area contributed by atoms with Crippen LogP contribution in [0.15, 0.2) is 40.9 Å². The van der Waals surface area contributed by atoms with Crippen LogP contribution in [0.2, 0.25) is 5.02 Å². The zero-order valence-corrected chi connectivity index (χ0v) is 13.1. The van der Waals surface area contributed by atoms with Crippen molar-refractivity contribution in [1.82, 2.24) is 0 Å². The number of halogens is 3. The highest BCUT2D eigenvalue weighted by molar-refractivity contribution is 9.10. The number of rotatable bonds is 4. The Morgan fingerprint density at radius 1 is 1.35 bits per heavy atom. The van der Waals surface area contributed by atoms with E-state index < -0.39 is 11.9 Å². The lowest BCUT2D eigenvalue weighted by molar-refractivity contribution is 0.169. The van der Waals surface area contributed by atoms with E-state index in [1.54, 1.807) is 18.2 Å². The first-order valence-electron chi connectivity index (χ1n) is 5.97. The third kappa shape index (κ3) is 3.32. The first-order valence-corrected chi connectivity index (χ1v) is 7.14. The lowest BCUT2D eigenvalue weighted by atomic mass is 10.00. The number of hydrogen-bond acceptors (Lipinski definition) is 2. The van der Waals surface area contributed by atoms with Gasteiger partial charge in [0.15, 0.2) is 0 Å². The Kier molecular flexibility index (Phi) is 5.02. The average molecular weight is 360 g/mol. The van der Waals surface area contributed by atoms with E-state index in [9.17, 15) is 9.50 Å². The minimum atomic E-state index is -1.02. The van der Waals surface area contributed by atoms with Crippen molar-refractivity contribution in [2.24, 2.45) is 0 Å². The minimum Gasteiger partial charge on any atom is -0.496 e. The molecule has 0 amide bonds. The molecular formula is C15H13BrClFO2. The van der Waals surface area contributed by atoms with Gasteiger partial charge in [0.2, 0.25) is 0 Å². The molecule has 0 heterocycles. The van der Waals surface area contributed by atoms with Crippen molar-refractivity contribution in [3.05, 3.63) is 62.8 Å². The zero-order chi connectivity index (χ0) is 14.7. The number of aliphatic hydroxyl groups excluding tert-OH is 1. The third-order valence-corrected chi connectivity index (χ3v) is 3.84. The van der Waals surface area contributed by atoms with Gasteiger partial charge < -0.3 is 9.84 Å². The maximum atomic E-state index is 13.9. The molecule has 0 saturated carbocycles. The molecule has 0 aliphatic heterocycles. The van der Waals surface area contributed by atoms with E-state index >= 15 is 0 Å². The molecule has 1 atom stereocenters. The smallest absolute Gasteiger partial charge is 0.132 e. The molecule has 0 aliphatic carbocycles. The van der Waals surface area contributed by atoms with Gasteiger partial charge in [0.25, 0.3) is 0 Å². The number of hydrogen-bond donors (Lipinski definition) is 1. The van der Waals surface area contributed by atoms with Gasteiger partial charge in [-0.1, -0.05) is 39.7 Å². The first-order chi connectivity index (χ1) is 9.52. The maximum absolute atomic E-state index is 13.9. The topological polar surface area (TPSA) is 29.5 Å². The van der Waals surface area contributed by atoms with Crippen LogP contribution in [-0.4, -0.2) is 12.2 Å². The summed E-state index contributed by atoms with van der Waals surface area (Å²) in [6, 6.07) is 9.81. The Balaban J connectivity index is 2.30. The molecule has 2 aromatic rings. The first kappa shape index (κ1) is 15.3. The van der Waals surface area contributed by atoms with Gasteiger partial charge in [0, 0.05) is 15.9 Å². The van der Waals surface area contributed by atoms with Gasteiger partial charge in [0.1, 0.15) is 11.6 Å². The van der Waals surface area contributed by atoms with Crippen LogP contribution in [0.5, 0.6) is 5.75 Å². The van der Waals surface area contributed by atoms with E-state index in [1.807, 2.05) is 6.07 Å². The second kappa shape index (κ2) is 6.57. The van der Waals surface area contributed by atoms with Gasteiger partial charge in [-0.3, -0.25) is 0 Å². The van der Waals surface area contributed by atoms with Crippen LogP contribution in [-0.2, 0) is 6.42 Å². The number of ether oxygens (including phenoxy) is 1. The molecule has 0 radical (unpaired) electrons. The van der Waals surface area contributed by atoms with Gasteiger partial charge in [0.05, 0.1) is 18.8 Å². The van der Waals surface area contributed by atoms with E-state index in [1.165, 1.54) is 19.2 Å². The number of benzene rings is 2. The molecule has 0 fully saturated rings. The highest BCUT2D eigenvalue weighted by Gasteiger charge is 2.19. The van der Waals surface area contributed by atoms with E-state index in [4.69, 9.17) is 16.3 Å². The fourth-order valence-electron chi connectivity index (χ4n) is 2.02. The zero-order valence-electron chi connectivity index (χ0n) is 10.7. The Labute approximate surface area is 130 Å². The molecule has 0 aliphatic rings. The number of methoxy groups -OCH3 is 1. The van der Waals surface area contributed by atoms with Crippen LogP contribution in [0.1, 0.15) is 17.2 Å². The largest absolute Gasteiger partial charge is 0.496 e. The Morgan fingerprint density at radius 3 is 2.75 bits per heavy atom. The molecule has 0 aromatic heterocycles. The van der Waals surface area contributed by atoms with Gasteiger partial charge in [-0.25, -0.2) is 4.39 Å². The SMILES string of the molecule is COc1cccc(F)c1C(O)Cc1ccc(Br)cc1Cl. The Morgan fingerprint density at radius 2 is 2.10 bits per heavy atom. The summed E-state index contributed by atoms with van der Waals surface area (Å²) < 4.78 is 19.8. The van der Waals surface area contributed by atoms with Crippen LogP contribution in [0.25, 0.3) is 0 Å². The summed E-state index contributed by atoms with van der Waals surface area (Å²) in [7, 11) is 1.44. The maximum Gasteiger partial charge on any atom is 0.132 e. The molecule has 2 rings (SSSR count). The van der Waals surface area contributed by atoms with Crippen LogP contribution >= 0.6 is 27.5 Å². The fraction of sp³-hybridized carbons (Fsp3) is 0.200. The molecule has 1 unspecified atom stereocenters. The molecule has 2 nitrogen and oxygen atoms in total. The summed E-state index contributed by atoms with van der Waals surface area (Å²) in [6.07, 6.45) is -0.812. The summed E-state index contributed by atoms with van der Waals surface area (Å²) >= 11 is 9.42. The predicted molar refractivity (Wildman–Crippen MR) is 80.8 cm³/mol. The van der Waals surface area contributed by atoms with Crippen LogP contribution in [0.3, 0.4) is 0 Å². The van der Waals surface area contributed by atoms with Crippen molar-refractivity contribution in [2.75, 3.05) is 7.11 Å². The van der Waals surface area contributed by atoms with Crippen LogP contribution in [0.4, 0.5) is 4.39 Å². The average Bonchev–Trinajstić information content (AvgIpc) is 2.41. The van der Waals surface area contributed by atoms with E-state index in [-0.39, 0.29) is 12.0 Å². The molecule has 0 saturated heterocycles. The molecule has 1 N–H and O–H groups in total. The molecule has 0 bridgehead atoms. The van der Waals surface area contributed by atoms with Crippen molar-refractivity contribution >= 4 is 27.5 Å². The van der Waals surface area contributed by atoms with Crippen molar-refractivity contribution in [3.63, 3.8) is 0 Å². The lowest BCUT2D eigenvalue weighted by Gasteiger charge is -2.16. The van der Waals surface area contributed by atoms with E-state index in [0.717, 1.165) is 10.0 Å². The van der Waals surface area contributed by atoms with Crippen LogP contribution < -0.4 is 4.74 Å². The molecule has 2 aromatic carbocycles.